The van der Waals surface area contributed by atoms with Crippen LogP contribution in [0.4, 0.5) is 4.79 Å². The van der Waals surface area contributed by atoms with Crippen molar-refractivity contribution in [3.63, 3.8) is 0 Å². The summed E-state index contributed by atoms with van der Waals surface area (Å²) in [6.45, 7) is 6.08. The van der Waals surface area contributed by atoms with Gasteiger partial charge in [0.05, 0.1) is 5.41 Å². The minimum atomic E-state index is -0.483. The smallest absolute Gasteiger partial charge is 0.317 e. The van der Waals surface area contributed by atoms with Crippen LogP contribution in [0.5, 0.6) is 0 Å². The zero-order chi connectivity index (χ0) is 18.0. The molecule has 1 aromatic carbocycles. The number of nitrogens with zero attached hydrogens (tertiary/aromatic N) is 3. The summed E-state index contributed by atoms with van der Waals surface area (Å²) in [4.78, 5) is 31.1. The highest BCUT2D eigenvalue weighted by atomic mass is 16.2. The number of benzene rings is 1. The lowest BCUT2D eigenvalue weighted by Gasteiger charge is -2.31. The maximum absolute atomic E-state index is 13.0. The van der Waals surface area contributed by atoms with E-state index in [4.69, 9.17) is 0 Å². The molecular weight excluding hydrogens is 316 g/mol. The normalized spacial score (nSPS) is 25.7. The number of amides is 3. The van der Waals surface area contributed by atoms with Crippen molar-refractivity contribution in [2.24, 2.45) is 11.3 Å². The summed E-state index contributed by atoms with van der Waals surface area (Å²) in [5.74, 6) is 0.327. The van der Waals surface area contributed by atoms with Crippen molar-refractivity contribution in [2.45, 2.75) is 13.5 Å². The third kappa shape index (κ3) is 3.35. The Balaban J connectivity index is 1.77. The van der Waals surface area contributed by atoms with Crippen molar-refractivity contribution in [2.75, 3.05) is 46.8 Å². The van der Waals surface area contributed by atoms with Gasteiger partial charge >= 0.3 is 6.03 Å². The van der Waals surface area contributed by atoms with E-state index < -0.39 is 5.41 Å². The zero-order valence-electron chi connectivity index (χ0n) is 15.4. The Morgan fingerprint density at radius 3 is 2.56 bits per heavy atom. The van der Waals surface area contributed by atoms with Gasteiger partial charge in [-0.25, -0.2) is 4.79 Å². The molecule has 3 amide bonds. The Hall–Kier alpha value is -2.08. The predicted molar refractivity (Wildman–Crippen MR) is 97.0 cm³/mol. The fraction of sp³-hybridized carbons (Fsp3) is 0.579. The van der Waals surface area contributed by atoms with E-state index in [9.17, 15) is 9.59 Å². The third-order valence-electron chi connectivity index (χ3n) is 5.38. The van der Waals surface area contributed by atoms with Gasteiger partial charge in [0, 0.05) is 59.3 Å². The maximum atomic E-state index is 13.0. The lowest BCUT2D eigenvalue weighted by molar-refractivity contribution is -0.139. The van der Waals surface area contributed by atoms with Gasteiger partial charge in [0.15, 0.2) is 0 Å². The molecule has 2 heterocycles. The SMILES string of the molecule is CCNC(=O)N1C[C@@H]2CN(Cc3ccccc3)C[C@]2(C(=O)N(C)C)C1. The predicted octanol–water partition coefficient (Wildman–Crippen LogP) is 1.24. The van der Waals surface area contributed by atoms with E-state index in [0.29, 0.717) is 26.2 Å². The number of carbonyl (C=O) groups is 2. The number of carbonyl (C=O) groups excluding carboxylic acids is 2. The Labute approximate surface area is 149 Å². The van der Waals surface area contributed by atoms with Crippen molar-refractivity contribution in [1.29, 1.82) is 0 Å². The molecule has 2 aliphatic heterocycles. The highest BCUT2D eigenvalue weighted by Crippen LogP contribution is 2.44. The van der Waals surface area contributed by atoms with Gasteiger partial charge in [-0.15, -0.1) is 0 Å². The van der Waals surface area contributed by atoms with Crippen molar-refractivity contribution in [3.8, 4) is 0 Å². The first-order chi connectivity index (χ1) is 12.0. The minimum Gasteiger partial charge on any atom is -0.348 e. The van der Waals surface area contributed by atoms with Crippen molar-refractivity contribution in [1.82, 2.24) is 20.0 Å². The van der Waals surface area contributed by atoms with Crippen LogP contribution >= 0.6 is 0 Å². The highest BCUT2D eigenvalue weighted by molar-refractivity contribution is 5.86. The average Bonchev–Trinajstić information content (AvgIpc) is 3.10. The van der Waals surface area contributed by atoms with E-state index in [1.165, 1.54) is 5.56 Å². The molecule has 2 saturated heterocycles. The van der Waals surface area contributed by atoms with Crippen LogP contribution in [0.15, 0.2) is 30.3 Å². The molecule has 0 bridgehead atoms. The number of hydrogen-bond acceptors (Lipinski definition) is 3. The third-order valence-corrected chi connectivity index (χ3v) is 5.38. The van der Waals surface area contributed by atoms with Gasteiger partial charge in [0.2, 0.25) is 5.91 Å². The highest BCUT2D eigenvalue weighted by Gasteiger charge is 2.58. The van der Waals surface area contributed by atoms with Crippen molar-refractivity contribution < 1.29 is 9.59 Å². The molecule has 136 valence electrons. The molecule has 1 N–H and O–H groups in total. The van der Waals surface area contributed by atoms with E-state index >= 15 is 0 Å². The topological polar surface area (TPSA) is 55.9 Å². The minimum absolute atomic E-state index is 0.0579. The van der Waals surface area contributed by atoms with Gasteiger partial charge in [-0.05, 0) is 12.5 Å². The first-order valence-corrected chi connectivity index (χ1v) is 8.97. The van der Waals surface area contributed by atoms with Gasteiger partial charge in [-0.1, -0.05) is 30.3 Å². The number of hydrogen-bond donors (Lipinski definition) is 1. The first-order valence-electron chi connectivity index (χ1n) is 8.97. The van der Waals surface area contributed by atoms with Gasteiger partial charge in [0.1, 0.15) is 0 Å². The van der Waals surface area contributed by atoms with Gasteiger partial charge in [-0.2, -0.15) is 0 Å². The molecule has 0 radical (unpaired) electrons. The molecule has 3 rings (SSSR count). The molecule has 0 saturated carbocycles. The molecule has 6 heteroatoms. The molecule has 25 heavy (non-hydrogen) atoms. The van der Waals surface area contributed by atoms with Gasteiger partial charge in [-0.3, -0.25) is 9.69 Å². The molecule has 0 unspecified atom stereocenters. The van der Waals surface area contributed by atoms with Crippen molar-refractivity contribution >= 4 is 11.9 Å². The molecular formula is C19H28N4O2. The fourth-order valence-corrected chi connectivity index (χ4v) is 4.30. The summed E-state index contributed by atoms with van der Waals surface area (Å²) in [6, 6.07) is 10.3. The molecule has 0 aliphatic carbocycles. The second kappa shape index (κ2) is 7.04. The summed E-state index contributed by atoms with van der Waals surface area (Å²) < 4.78 is 0. The Kier molecular flexibility index (Phi) is 4.99. The molecule has 6 nitrogen and oxygen atoms in total. The van der Waals surface area contributed by atoms with Gasteiger partial charge in [0.25, 0.3) is 0 Å². The van der Waals surface area contributed by atoms with Crippen LogP contribution in [0, 0.1) is 11.3 Å². The summed E-state index contributed by atoms with van der Waals surface area (Å²) in [5, 5.41) is 2.86. The molecule has 2 aliphatic rings. The largest absolute Gasteiger partial charge is 0.348 e. The molecule has 0 aromatic heterocycles. The molecule has 2 fully saturated rings. The summed E-state index contributed by atoms with van der Waals surface area (Å²) in [6.07, 6.45) is 0. The monoisotopic (exact) mass is 344 g/mol. The van der Waals surface area contributed by atoms with Crippen LogP contribution in [-0.4, -0.2) is 73.5 Å². The summed E-state index contributed by atoms with van der Waals surface area (Å²) >= 11 is 0. The lowest BCUT2D eigenvalue weighted by atomic mass is 9.80. The fourth-order valence-electron chi connectivity index (χ4n) is 4.30. The van der Waals surface area contributed by atoms with Gasteiger partial charge < -0.3 is 15.1 Å². The van der Waals surface area contributed by atoms with E-state index in [1.54, 1.807) is 4.90 Å². The second-order valence-corrected chi connectivity index (χ2v) is 7.42. The zero-order valence-corrected chi connectivity index (χ0v) is 15.4. The quantitative estimate of drug-likeness (QED) is 0.894. The van der Waals surface area contributed by atoms with Crippen LogP contribution in [0.3, 0.4) is 0 Å². The van der Waals surface area contributed by atoms with E-state index in [-0.39, 0.29) is 17.9 Å². The van der Waals surface area contributed by atoms with Crippen LogP contribution in [0.25, 0.3) is 0 Å². The Morgan fingerprint density at radius 1 is 1.20 bits per heavy atom. The van der Waals surface area contributed by atoms with Crippen molar-refractivity contribution in [3.05, 3.63) is 35.9 Å². The number of urea groups is 1. The maximum Gasteiger partial charge on any atom is 0.317 e. The lowest BCUT2D eigenvalue weighted by Crippen LogP contribution is -2.48. The number of rotatable bonds is 4. The summed E-state index contributed by atoms with van der Waals surface area (Å²) in [7, 11) is 3.62. The Bertz CT molecular complexity index is 634. The first kappa shape index (κ1) is 17.7. The van der Waals surface area contributed by atoms with Crippen LogP contribution in [0.2, 0.25) is 0 Å². The second-order valence-electron chi connectivity index (χ2n) is 7.42. The number of fused-ring (bicyclic) bond motifs is 1. The summed E-state index contributed by atoms with van der Waals surface area (Å²) in [5.41, 5.74) is 0.777. The standard InChI is InChI=1S/C19H28N4O2/c1-4-20-18(25)23-12-16-11-22(10-15-8-6-5-7-9-15)13-19(16,14-23)17(24)21(2)3/h5-9,16H,4,10-14H2,1-3H3,(H,20,25)/t16-,19-/m0/s1. The van der Waals surface area contributed by atoms with E-state index in [2.05, 4.69) is 22.3 Å². The van der Waals surface area contributed by atoms with E-state index in [1.807, 2.05) is 44.1 Å². The van der Waals surface area contributed by atoms with Crippen LogP contribution < -0.4 is 5.32 Å². The van der Waals surface area contributed by atoms with E-state index in [0.717, 1.165) is 13.1 Å². The number of nitrogens with one attached hydrogen (secondary N) is 1. The average molecular weight is 344 g/mol. The number of likely N-dealkylation sites (tertiary alicyclic amines) is 2. The Morgan fingerprint density at radius 2 is 1.92 bits per heavy atom. The molecule has 2 atom stereocenters. The van der Waals surface area contributed by atoms with Crippen LogP contribution in [0.1, 0.15) is 12.5 Å². The van der Waals surface area contributed by atoms with Crippen LogP contribution in [-0.2, 0) is 11.3 Å². The molecule has 0 spiro atoms. The molecule has 1 aromatic rings.